The lowest BCUT2D eigenvalue weighted by atomic mass is 9.95. The number of anilines is 3. The summed E-state index contributed by atoms with van der Waals surface area (Å²) in [6.07, 6.45) is 10.0. The van der Waals surface area contributed by atoms with Crippen LogP contribution in [-0.2, 0) is 0 Å². The number of aromatic nitrogens is 6. The van der Waals surface area contributed by atoms with Crippen LogP contribution in [0.3, 0.4) is 0 Å². The van der Waals surface area contributed by atoms with Gasteiger partial charge in [0, 0.05) is 105 Å². The quantitative estimate of drug-likeness (QED) is 0.125. The number of imidazole rings is 1. The minimum atomic E-state index is -0.495. The first kappa shape index (κ1) is 41.4. The van der Waals surface area contributed by atoms with Gasteiger partial charge in [0.15, 0.2) is 22.8 Å². The molecule has 9 rings (SSSR count). The number of nitrogens with one attached hydrogen (secondary N) is 1. The first-order valence-corrected chi connectivity index (χ1v) is 20.5. The van der Waals surface area contributed by atoms with Crippen LogP contribution in [0, 0.1) is 30.4 Å². The molecule has 2 fully saturated rings. The van der Waals surface area contributed by atoms with E-state index < -0.39 is 5.82 Å². The predicted molar refractivity (Wildman–Crippen MR) is 238 cm³/mol. The van der Waals surface area contributed by atoms with Crippen LogP contribution in [0.2, 0.25) is 5.02 Å². The minimum Gasteiger partial charge on any atom is -0.396 e. The molecule has 2 saturated heterocycles. The summed E-state index contributed by atoms with van der Waals surface area (Å²) in [5, 5.41) is 5.61. The molecule has 6 aromatic heterocycles. The fraction of sp³-hybridized carbons (Fsp3) is 0.333. The summed E-state index contributed by atoms with van der Waals surface area (Å²) in [6.45, 7) is 16.2. The molecule has 0 radical (unpaired) electrons. The summed E-state index contributed by atoms with van der Waals surface area (Å²) in [4.78, 5) is 31.2. The zero-order valence-electron chi connectivity index (χ0n) is 34.3. The number of hydrogen-bond donors (Lipinski definition) is 2. The summed E-state index contributed by atoms with van der Waals surface area (Å²) in [5.74, 6) is 1.41. The monoisotopic (exact) mass is 817 g/mol. The number of nitrogen functional groups attached to an aromatic ring is 1. The molecule has 1 aromatic carbocycles. The van der Waals surface area contributed by atoms with Crippen molar-refractivity contribution in [3.8, 4) is 22.4 Å². The normalized spacial score (nSPS) is 15.6. The standard InChI is InChI=1S/C23H24FN5.C20H20ClFN6.C2H6/c1-14(2)17-6-7-28(12-17)19-8-16-4-5-21(27-22(16)25-10-19)18-9-20(24)23-26-15(3)11-29(23)13-18;1-24-10-14-6-12(8-17(22)19(14)23)13-7-15-16(21)9-18(27-20(15)26-11-13)28-4-2-25-3-5-28;1-2/h4-5,8-11,13-14,17H,6-7,12H2,1-3H3;6-11,25H,2-5,23H2,1H3;1-2H3. The van der Waals surface area contributed by atoms with Crippen LogP contribution in [0.5, 0.6) is 0 Å². The first-order chi connectivity index (χ1) is 28.5. The van der Waals surface area contributed by atoms with Gasteiger partial charge >= 0.3 is 0 Å². The number of piperazine rings is 1. The molecule has 7 aromatic rings. The molecule has 8 heterocycles. The molecule has 0 spiro atoms. The molecular weight excluding hydrogens is 768 g/mol. The molecule has 0 bridgehead atoms. The van der Waals surface area contributed by atoms with Crippen molar-refractivity contribution < 1.29 is 8.78 Å². The fourth-order valence-corrected chi connectivity index (χ4v) is 7.77. The van der Waals surface area contributed by atoms with Gasteiger partial charge in [-0.3, -0.25) is 4.99 Å². The molecule has 2 aliphatic heterocycles. The number of nitrogens with zero attached hydrogens (tertiary/aromatic N) is 9. The second-order valence-electron chi connectivity index (χ2n) is 15.0. The molecule has 3 N–H and O–H groups in total. The average Bonchev–Trinajstić information content (AvgIpc) is 3.91. The highest BCUT2D eigenvalue weighted by atomic mass is 35.5. The number of pyridine rings is 5. The number of hydrogen-bond acceptors (Lipinski definition) is 10. The van der Waals surface area contributed by atoms with E-state index in [1.165, 1.54) is 24.8 Å². The smallest absolute Gasteiger partial charge is 0.173 e. The molecule has 0 saturated carbocycles. The van der Waals surface area contributed by atoms with E-state index >= 15 is 0 Å². The van der Waals surface area contributed by atoms with Crippen LogP contribution in [0.4, 0.5) is 26.0 Å². The molecule has 2 aliphatic rings. The summed E-state index contributed by atoms with van der Waals surface area (Å²) in [7, 11) is 1.61. The lowest BCUT2D eigenvalue weighted by molar-refractivity contribution is 0.423. The van der Waals surface area contributed by atoms with Crippen molar-refractivity contribution in [1.29, 1.82) is 0 Å². The Labute approximate surface area is 348 Å². The molecule has 14 heteroatoms. The van der Waals surface area contributed by atoms with Crippen molar-refractivity contribution in [2.45, 2.75) is 41.0 Å². The van der Waals surface area contributed by atoms with Crippen molar-refractivity contribution in [2.75, 3.05) is 61.8 Å². The van der Waals surface area contributed by atoms with E-state index in [2.05, 4.69) is 64.9 Å². The maximum Gasteiger partial charge on any atom is 0.173 e. The summed E-state index contributed by atoms with van der Waals surface area (Å²) in [5.41, 5.74) is 12.7. The molecule has 59 heavy (non-hydrogen) atoms. The summed E-state index contributed by atoms with van der Waals surface area (Å²) >= 11 is 6.54. The van der Waals surface area contributed by atoms with Gasteiger partial charge in [-0.15, -0.1) is 0 Å². The third kappa shape index (κ3) is 8.96. The molecule has 1 unspecified atom stereocenters. The number of rotatable bonds is 6. The van der Waals surface area contributed by atoms with Gasteiger partial charge in [-0.2, -0.15) is 0 Å². The molecular formula is C45H50ClF2N11. The third-order valence-corrected chi connectivity index (χ3v) is 11.1. The average molecular weight is 818 g/mol. The van der Waals surface area contributed by atoms with Gasteiger partial charge in [0.2, 0.25) is 0 Å². The fourth-order valence-electron chi connectivity index (χ4n) is 7.54. The number of halogens is 3. The zero-order chi connectivity index (χ0) is 41.8. The second kappa shape index (κ2) is 18.0. The van der Waals surface area contributed by atoms with Crippen LogP contribution >= 0.6 is 11.6 Å². The van der Waals surface area contributed by atoms with Gasteiger partial charge < -0.3 is 25.3 Å². The van der Waals surface area contributed by atoms with Gasteiger partial charge in [-0.1, -0.05) is 39.3 Å². The Bertz CT molecular complexity index is 2640. The number of nitrogens with two attached hydrogens (primary N) is 1. The summed E-state index contributed by atoms with van der Waals surface area (Å²) < 4.78 is 30.4. The van der Waals surface area contributed by atoms with E-state index in [1.54, 1.807) is 23.7 Å². The Morgan fingerprint density at radius 1 is 0.864 bits per heavy atom. The Balaban J connectivity index is 0.000000172. The van der Waals surface area contributed by atoms with Crippen LogP contribution < -0.4 is 20.9 Å². The van der Waals surface area contributed by atoms with E-state index in [-0.39, 0.29) is 11.5 Å². The number of aliphatic imine (C=N–C) groups is 1. The van der Waals surface area contributed by atoms with Crippen LogP contribution in [0.25, 0.3) is 50.1 Å². The number of aryl methyl sites for hydroxylation is 1. The van der Waals surface area contributed by atoms with Crippen LogP contribution in [-0.4, -0.2) is 81.9 Å². The number of benzene rings is 1. The van der Waals surface area contributed by atoms with E-state index in [4.69, 9.17) is 17.3 Å². The van der Waals surface area contributed by atoms with Crippen molar-refractivity contribution in [3.63, 3.8) is 0 Å². The van der Waals surface area contributed by atoms with E-state index in [0.717, 1.165) is 78.7 Å². The topological polar surface area (TPSA) is 126 Å². The Hall–Kier alpha value is -5.79. The minimum absolute atomic E-state index is 0.0726. The Morgan fingerprint density at radius 3 is 2.37 bits per heavy atom. The lowest BCUT2D eigenvalue weighted by Crippen LogP contribution is -2.43. The second-order valence-corrected chi connectivity index (χ2v) is 15.4. The molecule has 306 valence electrons. The summed E-state index contributed by atoms with van der Waals surface area (Å²) in [6, 6.07) is 14.5. The van der Waals surface area contributed by atoms with Gasteiger partial charge in [0.25, 0.3) is 0 Å². The molecule has 0 amide bonds. The number of fused-ring (bicyclic) bond motifs is 3. The molecule has 1 atom stereocenters. The maximum absolute atomic E-state index is 14.4. The maximum atomic E-state index is 14.4. The van der Waals surface area contributed by atoms with E-state index in [0.29, 0.717) is 50.3 Å². The predicted octanol–water partition coefficient (Wildman–Crippen LogP) is 9.03. The zero-order valence-corrected chi connectivity index (χ0v) is 35.1. The molecule has 11 nitrogen and oxygen atoms in total. The highest BCUT2D eigenvalue weighted by Crippen LogP contribution is 2.33. The van der Waals surface area contributed by atoms with Crippen molar-refractivity contribution in [2.24, 2.45) is 16.8 Å². The third-order valence-electron chi connectivity index (χ3n) is 10.8. The highest BCUT2D eigenvalue weighted by Gasteiger charge is 2.25. The van der Waals surface area contributed by atoms with Crippen molar-refractivity contribution in [1.82, 2.24) is 34.6 Å². The largest absolute Gasteiger partial charge is 0.396 e. The Morgan fingerprint density at radius 2 is 1.63 bits per heavy atom. The van der Waals surface area contributed by atoms with Crippen LogP contribution in [0.15, 0.2) is 78.3 Å². The van der Waals surface area contributed by atoms with Crippen molar-refractivity contribution >= 4 is 62.7 Å². The van der Waals surface area contributed by atoms with Gasteiger partial charge in [-0.05, 0) is 73.2 Å². The lowest BCUT2D eigenvalue weighted by Gasteiger charge is -2.28. The SMILES string of the molecule is CC.CN=Cc1cc(-c2cnc3nc(N4CCNCC4)cc(Cl)c3c2)cc(F)c1N.Cc1cn2cc(-c3ccc4cc(N5CCC(C(C)C)C5)cnc4n3)cc(F)c2n1. The van der Waals surface area contributed by atoms with Gasteiger partial charge in [-0.25, -0.2) is 33.7 Å². The van der Waals surface area contributed by atoms with Gasteiger partial charge in [0.1, 0.15) is 11.6 Å². The first-order valence-electron chi connectivity index (χ1n) is 20.1. The van der Waals surface area contributed by atoms with Gasteiger partial charge in [0.05, 0.1) is 34.0 Å². The molecule has 0 aliphatic carbocycles. The van der Waals surface area contributed by atoms with E-state index in [9.17, 15) is 8.78 Å². The Kier molecular flexibility index (Phi) is 12.6. The van der Waals surface area contributed by atoms with Crippen molar-refractivity contribution in [3.05, 3.63) is 101 Å². The highest BCUT2D eigenvalue weighted by molar-refractivity contribution is 6.35. The van der Waals surface area contributed by atoms with E-state index in [1.807, 2.05) is 63.6 Å². The van der Waals surface area contributed by atoms with Crippen LogP contribution in [0.1, 0.15) is 45.4 Å².